The molecule has 1 amide bonds. The van der Waals surface area contributed by atoms with Crippen molar-refractivity contribution in [2.75, 3.05) is 24.3 Å². The second-order valence-electron chi connectivity index (χ2n) is 6.77. The van der Waals surface area contributed by atoms with Gasteiger partial charge in [-0.1, -0.05) is 24.3 Å². The standard InChI is InChI=1S/C25H22N2O3S/c1-29-19-11-7-17(8-12-19)25(28)26-23-15-16-24(22-6-4-3-5-21(22)23)31-27-18-9-13-20(30-2)14-10-18/h3-16,27H,1-2H3,(H,26,28). The Bertz CT molecular complexity index is 1190. The van der Waals surface area contributed by atoms with Crippen LogP contribution >= 0.6 is 11.9 Å². The summed E-state index contributed by atoms with van der Waals surface area (Å²) in [5.41, 5.74) is 2.32. The highest BCUT2D eigenvalue weighted by Crippen LogP contribution is 2.33. The van der Waals surface area contributed by atoms with E-state index in [1.165, 1.54) is 11.9 Å². The lowest BCUT2D eigenvalue weighted by molar-refractivity contribution is 0.102. The van der Waals surface area contributed by atoms with E-state index < -0.39 is 0 Å². The highest BCUT2D eigenvalue weighted by atomic mass is 32.2. The Morgan fingerprint density at radius 2 is 1.35 bits per heavy atom. The van der Waals surface area contributed by atoms with E-state index in [-0.39, 0.29) is 5.91 Å². The molecule has 0 unspecified atom stereocenters. The van der Waals surface area contributed by atoms with E-state index >= 15 is 0 Å². The van der Waals surface area contributed by atoms with Crippen molar-refractivity contribution in [2.24, 2.45) is 0 Å². The van der Waals surface area contributed by atoms with Gasteiger partial charge >= 0.3 is 0 Å². The topological polar surface area (TPSA) is 59.6 Å². The fourth-order valence-corrected chi connectivity index (χ4v) is 3.97. The SMILES string of the molecule is COc1ccc(NSc2ccc(NC(=O)c3ccc(OC)cc3)c3ccccc23)cc1. The first-order valence-corrected chi connectivity index (χ1v) is 10.5. The molecule has 0 aliphatic heterocycles. The number of carbonyl (C=O) groups excluding carboxylic acids is 1. The number of benzene rings is 4. The van der Waals surface area contributed by atoms with Crippen LogP contribution in [-0.2, 0) is 0 Å². The molecule has 6 heteroatoms. The van der Waals surface area contributed by atoms with Crippen LogP contribution in [0.25, 0.3) is 10.8 Å². The molecule has 156 valence electrons. The van der Waals surface area contributed by atoms with E-state index in [1.54, 1.807) is 38.5 Å². The van der Waals surface area contributed by atoms with Gasteiger partial charge in [0.1, 0.15) is 11.5 Å². The number of amides is 1. The molecule has 31 heavy (non-hydrogen) atoms. The molecular weight excluding hydrogens is 408 g/mol. The third-order valence-corrected chi connectivity index (χ3v) is 5.77. The van der Waals surface area contributed by atoms with E-state index in [9.17, 15) is 4.79 Å². The summed E-state index contributed by atoms with van der Waals surface area (Å²) in [5.74, 6) is 1.37. The van der Waals surface area contributed by atoms with Crippen LogP contribution in [0.3, 0.4) is 0 Å². The first-order chi connectivity index (χ1) is 15.2. The Hall–Kier alpha value is -3.64. The van der Waals surface area contributed by atoms with Gasteiger partial charge in [0.15, 0.2) is 0 Å². The molecule has 0 fully saturated rings. The number of ether oxygens (including phenoxy) is 2. The van der Waals surface area contributed by atoms with Crippen molar-refractivity contribution in [3.05, 3.63) is 90.5 Å². The molecular formula is C25H22N2O3S. The van der Waals surface area contributed by atoms with Gasteiger partial charge in [0.25, 0.3) is 5.91 Å². The molecule has 0 atom stereocenters. The minimum absolute atomic E-state index is 0.162. The summed E-state index contributed by atoms with van der Waals surface area (Å²) in [5, 5.41) is 5.06. The Morgan fingerprint density at radius 3 is 2.00 bits per heavy atom. The van der Waals surface area contributed by atoms with Gasteiger partial charge in [-0.2, -0.15) is 0 Å². The Kier molecular flexibility index (Phi) is 6.29. The van der Waals surface area contributed by atoms with Crippen molar-refractivity contribution in [3.63, 3.8) is 0 Å². The Balaban J connectivity index is 1.54. The third-order valence-electron chi connectivity index (χ3n) is 4.85. The maximum Gasteiger partial charge on any atom is 0.255 e. The molecule has 4 rings (SSSR count). The molecule has 2 N–H and O–H groups in total. The molecule has 0 saturated heterocycles. The molecule has 0 spiro atoms. The fraction of sp³-hybridized carbons (Fsp3) is 0.0800. The number of rotatable bonds is 7. The first-order valence-electron chi connectivity index (χ1n) is 9.72. The third kappa shape index (κ3) is 4.75. The minimum atomic E-state index is -0.162. The summed E-state index contributed by atoms with van der Waals surface area (Å²) in [7, 11) is 3.25. The lowest BCUT2D eigenvalue weighted by Crippen LogP contribution is -2.12. The molecule has 0 saturated carbocycles. The van der Waals surface area contributed by atoms with Crippen LogP contribution < -0.4 is 19.5 Å². The smallest absolute Gasteiger partial charge is 0.255 e. The molecule has 0 radical (unpaired) electrons. The van der Waals surface area contributed by atoms with Gasteiger partial charge in [0.05, 0.1) is 14.2 Å². The summed E-state index contributed by atoms with van der Waals surface area (Å²) in [6, 6.07) is 26.8. The monoisotopic (exact) mass is 430 g/mol. The number of methoxy groups -OCH3 is 2. The van der Waals surface area contributed by atoms with Gasteiger partial charge < -0.3 is 19.5 Å². The predicted octanol–water partition coefficient (Wildman–Crippen LogP) is 6.23. The molecule has 0 aliphatic carbocycles. The van der Waals surface area contributed by atoms with Gasteiger partial charge in [-0.05, 0) is 78.0 Å². The average Bonchev–Trinajstić information content (AvgIpc) is 2.84. The molecule has 0 heterocycles. The van der Waals surface area contributed by atoms with Crippen LogP contribution in [0.5, 0.6) is 11.5 Å². The molecule has 4 aromatic carbocycles. The largest absolute Gasteiger partial charge is 0.497 e. The Labute approximate surface area is 185 Å². The first kappa shape index (κ1) is 20.6. The second-order valence-corrected chi connectivity index (χ2v) is 7.62. The summed E-state index contributed by atoms with van der Waals surface area (Å²) in [4.78, 5) is 13.8. The van der Waals surface area contributed by atoms with Crippen LogP contribution in [0.15, 0.2) is 89.8 Å². The van der Waals surface area contributed by atoms with Gasteiger partial charge in [-0.25, -0.2) is 0 Å². The van der Waals surface area contributed by atoms with Crippen molar-refractivity contribution in [2.45, 2.75) is 4.90 Å². The zero-order valence-electron chi connectivity index (χ0n) is 17.2. The summed E-state index contributed by atoms with van der Waals surface area (Å²) in [6.45, 7) is 0. The van der Waals surface area contributed by atoms with Gasteiger partial charge in [-0.3, -0.25) is 4.79 Å². The number of nitrogens with one attached hydrogen (secondary N) is 2. The lowest BCUT2D eigenvalue weighted by atomic mass is 10.1. The molecule has 0 aromatic heterocycles. The van der Waals surface area contributed by atoms with E-state index in [1.807, 2.05) is 54.6 Å². The van der Waals surface area contributed by atoms with E-state index in [0.29, 0.717) is 11.3 Å². The van der Waals surface area contributed by atoms with Crippen molar-refractivity contribution in [3.8, 4) is 11.5 Å². The highest BCUT2D eigenvalue weighted by molar-refractivity contribution is 8.00. The van der Waals surface area contributed by atoms with E-state index in [4.69, 9.17) is 9.47 Å². The number of hydrogen-bond donors (Lipinski definition) is 2. The van der Waals surface area contributed by atoms with Crippen molar-refractivity contribution >= 4 is 40.0 Å². The highest BCUT2D eigenvalue weighted by Gasteiger charge is 2.11. The van der Waals surface area contributed by atoms with E-state index in [2.05, 4.69) is 16.1 Å². The predicted molar refractivity (Wildman–Crippen MR) is 127 cm³/mol. The molecule has 5 nitrogen and oxygen atoms in total. The van der Waals surface area contributed by atoms with Crippen molar-refractivity contribution in [1.82, 2.24) is 0 Å². The van der Waals surface area contributed by atoms with Crippen LogP contribution in [0.1, 0.15) is 10.4 Å². The Morgan fingerprint density at radius 1 is 0.742 bits per heavy atom. The maximum absolute atomic E-state index is 12.7. The van der Waals surface area contributed by atoms with Gasteiger partial charge in [-0.15, -0.1) is 0 Å². The number of anilines is 2. The summed E-state index contributed by atoms with van der Waals surface area (Å²) in [6.07, 6.45) is 0. The van der Waals surface area contributed by atoms with E-state index in [0.717, 1.165) is 32.8 Å². The number of carbonyl (C=O) groups is 1. The van der Waals surface area contributed by atoms with Gasteiger partial charge in [0.2, 0.25) is 0 Å². The number of hydrogen-bond acceptors (Lipinski definition) is 5. The zero-order chi connectivity index (χ0) is 21.6. The molecule has 0 aliphatic rings. The zero-order valence-corrected chi connectivity index (χ0v) is 18.0. The maximum atomic E-state index is 12.7. The van der Waals surface area contributed by atoms with Crippen LogP contribution in [0.2, 0.25) is 0 Å². The fourth-order valence-electron chi connectivity index (χ4n) is 3.18. The van der Waals surface area contributed by atoms with Crippen molar-refractivity contribution < 1.29 is 14.3 Å². The minimum Gasteiger partial charge on any atom is -0.497 e. The summed E-state index contributed by atoms with van der Waals surface area (Å²) < 4.78 is 13.7. The van der Waals surface area contributed by atoms with Crippen LogP contribution in [0.4, 0.5) is 11.4 Å². The average molecular weight is 431 g/mol. The van der Waals surface area contributed by atoms with Gasteiger partial charge in [0, 0.05) is 27.2 Å². The van der Waals surface area contributed by atoms with Crippen LogP contribution in [-0.4, -0.2) is 20.1 Å². The summed E-state index contributed by atoms with van der Waals surface area (Å²) >= 11 is 1.53. The molecule has 0 bridgehead atoms. The van der Waals surface area contributed by atoms with Crippen molar-refractivity contribution in [1.29, 1.82) is 0 Å². The number of fused-ring (bicyclic) bond motifs is 1. The molecule has 4 aromatic rings. The second kappa shape index (κ2) is 9.45. The lowest BCUT2D eigenvalue weighted by Gasteiger charge is -2.13. The quantitative estimate of drug-likeness (QED) is 0.341. The normalized spacial score (nSPS) is 10.5. The van der Waals surface area contributed by atoms with Crippen LogP contribution in [0, 0.1) is 0 Å².